The maximum atomic E-state index is 13.2. The van der Waals surface area contributed by atoms with Crippen LogP contribution in [0.4, 0.5) is 5.69 Å². The van der Waals surface area contributed by atoms with Crippen LogP contribution in [0.15, 0.2) is 48.5 Å². The summed E-state index contributed by atoms with van der Waals surface area (Å²) in [6, 6.07) is 13.1. The summed E-state index contributed by atoms with van der Waals surface area (Å²) in [5, 5.41) is 2.98. The Labute approximate surface area is 182 Å². The Morgan fingerprint density at radius 1 is 1.13 bits per heavy atom. The molecule has 0 unspecified atom stereocenters. The number of sulfonamides is 1. The molecule has 0 aliphatic rings. The second kappa shape index (κ2) is 9.95. The molecule has 0 fully saturated rings. The summed E-state index contributed by atoms with van der Waals surface area (Å²) < 4.78 is 25.9. The van der Waals surface area contributed by atoms with Crippen LogP contribution in [0.25, 0.3) is 0 Å². The number of hydrogen-bond acceptors (Lipinski definition) is 4. The van der Waals surface area contributed by atoms with Gasteiger partial charge in [0.15, 0.2) is 0 Å². The van der Waals surface area contributed by atoms with E-state index in [4.69, 9.17) is 11.6 Å². The molecule has 7 nitrogen and oxygen atoms in total. The van der Waals surface area contributed by atoms with Gasteiger partial charge in [0.25, 0.3) is 0 Å². The van der Waals surface area contributed by atoms with Crippen LogP contribution in [0.1, 0.15) is 18.1 Å². The van der Waals surface area contributed by atoms with Crippen molar-refractivity contribution in [1.82, 2.24) is 10.2 Å². The molecule has 0 radical (unpaired) electrons. The van der Waals surface area contributed by atoms with E-state index in [9.17, 15) is 18.0 Å². The van der Waals surface area contributed by atoms with E-state index in [2.05, 4.69) is 5.32 Å². The van der Waals surface area contributed by atoms with Gasteiger partial charge in [-0.1, -0.05) is 41.9 Å². The standard InChI is InChI=1S/C21H26ClN3O4S/c1-15-8-7-10-18(12-15)25(30(4,28)29)14-20(26)24(16(2)21(27)23-3)13-17-9-5-6-11-19(17)22/h5-12,16H,13-14H2,1-4H3,(H,23,27)/t16-/m1/s1. The fourth-order valence-electron chi connectivity index (χ4n) is 3.00. The minimum Gasteiger partial charge on any atom is -0.357 e. The van der Waals surface area contributed by atoms with Gasteiger partial charge in [0.2, 0.25) is 21.8 Å². The Morgan fingerprint density at radius 2 is 1.80 bits per heavy atom. The van der Waals surface area contributed by atoms with E-state index in [1.165, 1.54) is 11.9 Å². The molecule has 162 valence electrons. The summed E-state index contributed by atoms with van der Waals surface area (Å²) >= 11 is 6.24. The zero-order chi connectivity index (χ0) is 22.5. The Kier molecular flexibility index (Phi) is 7.86. The second-order valence-electron chi connectivity index (χ2n) is 7.01. The molecule has 2 aromatic carbocycles. The van der Waals surface area contributed by atoms with Gasteiger partial charge in [-0.05, 0) is 43.2 Å². The number of benzene rings is 2. The van der Waals surface area contributed by atoms with Crippen molar-refractivity contribution in [2.75, 3.05) is 24.2 Å². The van der Waals surface area contributed by atoms with E-state index in [-0.39, 0.29) is 12.5 Å². The lowest BCUT2D eigenvalue weighted by molar-refractivity contribution is -0.139. The predicted octanol–water partition coefficient (Wildman–Crippen LogP) is 2.58. The quantitative estimate of drug-likeness (QED) is 0.668. The number of carbonyl (C=O) groups excluding carboxylic acids is 2. The van der Waals surface area contributed by atoms with Crippen LogP contribution in [0.2, 0.25) is 5.02 Å². The SMILES string of the molecule is CNC(=O)[C@@H](C)N(Cc1ccccc1Cl)C(=O)CN(c1cccc(C)c1)S(C)(=O)=O. The van der Waals surface area contributed by atoms with E-state index in [0.29, 0.717) is 16.3 Å². The average Bonchev–Trinajstić information content (AvgIpc) is 2.69. The maximum absolute atomic E-state index is 13.2. The Bertz CT molecular complexity index is 1030. The molecule has 0 bridgehead atoms. The first-order chi connectivity index (χ1) is 14.0. The average molecular weight is 452 g/mol. The van der Waals surface area contributed by atoms with Gasteiger partial charge in [0.05, 0.1) is 11.9 Å². The third kappa shape index (κ3) is 5.96. The number of anilines is 1. The second-order valence-corrected chi connectivity index (χ2v) is 9.33. The van der Waals surface area contributed by atoms with Crippen molar-refractivity contribution in [2.45, 2.75) is 26.4 Å². The first-order valence-electron chi connectivity index (χ1n) is 9.33. The molecule has 0 aliphatic carbocycles. The van der Waals surface area contributed by atoms with Gasteiger partial charge in [0.1, 0.15) is 12.6 Å². The number of halogens is 1. The van der Waals surface area contributed by atoms with Crippen molar-refractivity contribution in [2.24, 2.45) is 0 Å². The van der Waals surface area contributed by atoms with Crippen molar-refractivity contribution in [3.63, 3.8) is 0 Å². The molecule has 1 N–H and O–H groups in total. The van der Waals surface area contributed by atoms with Crippen LogP contribution in [-0.4, -0.2) is 51.0 Å². The molecule has 0 aromatic heterocycles. The fraction of sp³-hybridized carbons (Fsp3) is 0.333. The number of nitrogens with one attached hydrogen (secondary N) is 1. The lowest BCUT2D eigenvalue weighted by Gasteiger charge is -2.31. The highest BCUT2D eigenvalue weighted by Gasteiger charge is 2.30. The van der Waals surface area contributed by atoms with E-state index < -0.39 is 28.5 Å². The first-order valence-corrected chi connectivity index (χ1v) is 11.6. The molecule has 0 saturated heterocycles. The van der Waals surface area contributed by atoms with Crippen molar-refractivity contribution < 1.29 is 18.0 Å². The van der Waals surface area contributed by atoms with E-state index >= 15 is 0 Å². The molecule has 0 spiro atoms. The smallest absolute Gasteiger partial charge is 0.244 e. The summed E-state index contributed by atoms with van der Waals surface area (Å²) in [7, 11) is -2.26. The normalized spacial score (nSPS) is 12.2. The summed E-state index contributed by atoms with van der Waals surface area (Å²) in [4.78, 5) is 26.8. The molecule has 0 aliphatic heterocycles. The Balaban J connectivity index is 2.40. The minimum absolute atomic E-state index is 0.0680. The number of carbonyl (C=O) groups is 2. The van der Waals surface area contributed by atoms with Crippen LogP contribution in [-0.2, 0) is 26.2 Å². The highest BCUT2D eigenvalue weighted by Crippen LogP contribution is 2.22. The number of amides is 2. The molecule has 9 heteroatoms. The van der Waals surface area contributed by atoms with Crippen LogP contribution >= 0.6 is 11.6 Å². The topological polar surface area (TPSA) is 86.8 Å². The predicted molar refractivity (Wildman–Crippen MR) is 119 cm³/mol. The number of aryl methyl sites for hydroxylation is 1. The zero-order valence-electron chi connectivity index (χ0n) is 17.4. The first kappa shape index (κ1) is 23.7. The van der Waals surface area contributed by atoms with Gasteiger partial charge in [-0.15, -0.1) is 0 Å². The summed E-state index contributed by atoms with van der Waals surface area (Å²) in [5.74, 6) is -0.880. The van der Waals surface area contributed by atoms with Crippen molar-refractivity contribution >= 4 is 39.1 Å². The van der Waals surface area contributed by atoms with Crippen LogP contribution in [0, 0.1) is 6.92 Å². The molecule has 2 aromatic rings. The molecule has 2 rings (SSSR count). The van der Waals surface area contributed by atoms with Crippen molar-refractivity contribution in [3.05, 3.63) is 64.7 Å². The van der Waals surface area contributed by atoms with Gasteiger partial charge < -0.3 is 10.2 Å². The third-order valence-electron chi connectivity index (χ3n) is 4.68. The summed E-state index contributed by atoms with van der Waals surface area (Å²) in [6.45, 7) is 3.06. The van der Waals surface area contributed by atoms with Gasteiger partial charge in [-0.25, -0.2) is 8.42 Å². The fourth-order valence-corrected chi connectivity index (χ4v) is 4.04. The Morgan fingerprint density at radius 3 is 2.37 bits per heavy atom. The zero-order valence-corrected chi connectivity index (χ0v) is 19.0. The maximum Gasteiger partial charge on any atom is 0.244 e. The van der Waals surface area contributed by atoms with E-state index in [1.807, 2.05) is 13.0 Å². The van der Waals surface area contributed by atoms with Crippen LogP contribution in [0.5, 0.6) is 0 Å². The Hall–Kier alpha value is -2.58. The molecule has 0 heterocycles. The van der Waals surface area contributed by atoms with Gasteiger partial charge >= 0.3 is 0 Å². The van der Waals surface area contributed by atoms with E-state index in [1.54, 1.807) is 49.4 Å². The lowest BCUT2D eigenvalue weighted by atomic mass is 10.1. The van der Waals surface area contributed by atoms with Crippen LogP contribution in [0.3, 0.4) is 0 Å². The molecule has 2 amide bonds. The minimum atomic E-state index is -3.74. The van der Waals surface area contributed by atoms with Crippen molar-refractivity contribution in [1.29, 1.82) is 0 Å². The number of nitrogens with zero attached hydrogens (tertiary/aromatic N) is 2. The molecule has 0 saturated carbocycles. The van der Waals surface area contributed by atoms with E-state index in [0.717, 1.165) is 16.1 Å². The number of rotatable bonds is 8. The highest BCUT2D eigenvalue weighted by molar-refractivity contribution is 7.92. The van der Waals surface area contributed by atoms with Crippen molar-refractivity contribution in [3.8, 4) is 0 Å². The summed E-state index contributed by atoms with van der Waals surface area (Å²) in [6.07, 6.45) is 1.04. The number of hydrogen-bond donors (Lipinski definition) is 1. The molecule has 30 heavy (non-hydrogen) atoms. The monoisotopic (exact) mass is 451 g/mol. The number of likely N-dealkylation sites (N-methyl/N-ethyl adjacent to an activating group) is 1. The van der Waals surface area contributed by atoms with Gasteiger partial charge in [0, 0.05) is 18.6 Å². The third-order valence-corrected chi connectivity index (χ3v) is 6.19. The molecule has 1 atom stereocenters. The highest BCUT2D eigenvalue weighted by atomic mass is 35.5. The lowest BCUT2D eigenvalue weighted by Crippen LogP contribution is -2.50. The molecular formula is C21H26ClN3O4S. The van der Waals surface area contributed by atoms with Gasteiger partial charge in [-0.3, -0.25) is 13.9 Å². The van der Waals surface area contributed by atoms with Gasteiger partial charge in [-0.2, -0.15) is 0 Å². The molecular weight excluding hydrogens is 426 g/mol. The summed E-state index contributed by atoms with van der Waals surface area (Å²) in [5.41, 5.74) is 1.90. The van der Waals surface area contributed by atoms with Crippen LogP contribution < -0.4 is 9.62 Å². The largest absolute Gasteiger partial charge is 0.357 e.